The summed E-state index contributed by atoms with van der Waals surface area (Å²) < 4.78 is 12.7. The van der Waals surface area contributed by atoms with Gasteiger partial charge in [0, 0.05) is 49.1 Å². The lowest BCUT2D eigenvalue weighted by Gasteiger charge is -2.36. The Morgan fingerprint density at radius 1 is 1.00 bits per heavy atom. The minimum Gasteiger partial charge on any atom is -0.394 e. The number of benzene rings is 2. The average molecular weight is 484 g/mol. The second kappa shape index (κ2) is 9.67. The molecule has 33 heavy (non-hydrogen) atoms. The first-order valence-corrected chi connectivity index (χ1v) is 12.8. The Labute approximate surface area is 200 Å². The van der Waals surface area contributed by atoms with Crippen LogP contribution >= 0.6 is 11.6 Å². The van der Waals surface area contributed by atoms with E-state index in [4.69, 9.17) is 21.6 Å². The fourth-order valence-electron chi connectivity index (χ4n) is 4.32. The Morgan fingerprint density at radius 2 is 1.70 bits per heavy atom. The van der Waals surface area contributed by atoms with Crippen molar-refractivity contribution in [2.24, 2.45) is 0 Å². The number of aryl methyl sites for hydroxylation is 1. The lowest BCUT2D eigenvalue weighted by atomic mass is 10.1. The van der Waals surface area contributed by atoms with E-state index in [-0.39, 0.29) is 12.6 Å². The third kappa shape index (κ3) is 4.69. The number of nitrogens with zero attached hydrogens (tertiary/aromatic N) is 4. The molecule has 3 heterocycles. The number of anilines is 3. The van der Waals surface area contributed by atoms with E-state index in [1.54, 1.807) is 0 Å². The van der Waals surface area contributed by atoms with Gasteiger partial charge in [0.1, 0.15) is 10.7 Å². The maximum atomic E-state index is 12.7. The van der Waals surface area contributed by atoms with E-state index < -0.39 is 10.8 Å². The first kappa shape index (κ1) is 22.1. The molecule has 0 spiro atoms. The molecule has 1 aromatic heterocycles. The monoisotopic (exact) mass is 483 g/mol. The molecule has 1 unspecified atom stereocenters. The third-order valence-electron chi connectivity index (χ3n) is 6.13. The van der Waals surface area contributed by atoms with Crippen LogP contribution in [0.25, 0.3) is 0 Å². The van der Waals surface area contributed by atoms with Gasteiger partial charge in [0.25, 0.3) is 0 Å². The van der Waals surface area contributed by atoms with Crippen LogP contribution < -0.4 is 15.1 Å². The molecule has 2 aliphatic heterocycles. The van der Waals surface area contributed by atoms with Gasteiger partial charge in [0.05, 0.1) is 29.1 Å². The van der Waals surface area contributed by atoms with Gasteiger partial charge in [-0.2, -0.15) is 4.98 Å². The number of aromatic nitrogens is 2. The van der Waals surface area contributed by atoms with Gasteiger partial charge < -0.3 is 20.2 Å². The van der Waals surface area contributed by atoms with Crippen LogP contribution in [0.2, 0.25) is 5.02 Å². The number of aliphatic hydroxyl groups excluding tert-OH is 1. The first-order chi connectivity index (χ1) is 16.1. The number of hydrogen-bond donors (Lipinski definition) is 2. The number of rotatable bonds is 6. The maximum Gasteiger partial charge on any atom is 0.227 e. The van der Waals surface area contributed by atoms with Crippen LogP contribution in [0, 0.1) is 0 Å². The summed E-state index contributed by atoms with van der Waals surface area (Å²) in [5, 5.41) is 14.1. The molecule has 0 aliphatic carbocycles. The molecule has 0 amide bonds. The van der Waals surface area contributed by atoms with Crippen molar-refractivity contribution in [3.8, 4) is 0 Å². The minimum absolute atomic E-state index is 0.0927. The molecular formula is C24H26ClN5O2S. The van der Waals surface area contributed by atoms with Gasteiger partial charge in [0.15, 0.2) is 0 Å². The summed E-state index contributed by atoms with van der Waals surface area (Å²) in [7, 11) is -1.14. The molecule has 1 saturated heterocycles. The number of aliphatic hydroxyl groups is 1. The highest BCUT2D eigenvalue weighted by Gasteiger charge is 2.29. The zero-order valence-corrected chi connectivity index (χ0v) is 19.7. The van der Waals surface area contributed by atoms with Crippen LogP contribution in [0.1, 0.15) is 17.3 Å². The number of piperazine rings is 1. The van der Waals surface area contributed by atoms with Crippen LogP contribution in [0.5, 0.6) is 0 Å². The predicted octanol–water partition coefficient (Wildman–Crippen LogP) is 3.27. The quantitative estimate of drug-likeness (QED) is 0.557. The topological polar surface area (TPSA) is 81.6 Å². The molecule has 9 heteroatoms. The van der Waals surface area contributed by atoms with E-state index in [0.717, 1.165) is 48.1 Å². The molecule has 2 atom stereocenters. The Kier molecular flexibility index (Phi) is 6.48. The molecule has 0 bridgehead atoms. The van der Waals surface area contributed by atoms with Gasteiger partial charge in [-0.05, 0) is 29.8 Å². The molecule has 1 fully saturated rings. The molecule has 5 rings (SSSR count). The number of hydrogen-bond acceptors (Lipinski definition) is 7. The summed E-state index contributed by atoms with van der Waals surface area (Å²) in [5.74, 6) is 1.77. The van der Waals surface area contributed by atoms with Crippen molar-refractivity contribution in [1.82, 2.24) is 9.97 Å². The largest absolute Gasteiger partial charge is 0.394 e. The van der Waals surface area contributed by atoms with Crippen LogP contribution in [-0.4, -0.2) is 57.8 Å². The van der Waals surface area contributed by atoms with Gasteiger partial charge in [-0.15, -0.1) is 0 Å². The van der Waals surface area contributed by atoms with E-state index in [9.17, 15) is 9.32 Å². The number of halogens is 1. The van der Waals surface area contributed by atoms with Crippen LogP contribution in [0.3, 0.4) is 0 Å². The molecule has 2 aliphatic rings. The fourth-order valence-corrected chi connectivity index (χ4v) is 5.76. The molecule has 0 radical (unpaired) electrons. The second-order valence-electron chi connectivity index (χ2n) is 8.19. The standard InChI is InChI=1S/C24H26ClN5O2S/c25-18-6-8-19(9-7-18)29-11-13-30(14-12-29)24-27-20-10-15-33(32)22(20)23(28-24)26-21(16-31)17-4-2-1-3-5-17/h1-9,21,31H,10-16H2,(H,26,27,28)/t21-,33?/m0/s1. The fraction of sp³-hybridized carbons (Fsp3) is 0.333. The van der Waals surface area contributed by atoms with Crippen molar-refractivity contribution in [3.05, 3.63) is 70.9 Å². The molecule has 2 aromatic carbocycles. The highest BCUT2D eigenvalue weighted by molar-refractivity contribution is 7.85. The van der Waals surface area contributed by atoms with Crippen LogP contribution in [-0.2, 0) is 17.2 Å². The highest BCUT2D eigenvalue weighted by Crippen LogP contribution is 2.32. The lowest BCUT2D eigenvalue weighted by molar-refractivity contribution is 0.276. The molecule has 3 aromatic rings. The van der Waals surface area contributed by atoms with Crippen molar-refractivity contribution < 1.29 is 9.32 Å². The van der Waals surface area contributed by atoms with E-state index >= 15 is 0 Å². The van der Waals surface area contributed by atoms with Gasteiger partial charge in [-0.1, -0.05) is 41.9 Å². The van der Waals surface area contributed by atoms with E-state index in [1.165, 1.54) is 0 Å². The van der Waals surface area contributed by atoms with Crippen molar-refractivity contribution in [1.29, 1.82) is 0 Å². The van der Waals surface area contributed by atoms with Gasteiger partial charge in [-0.25, -0.2) is 4.98 Å². The second-order valence-corrected chi connectivity index (χ2v) is 10.1. The third-order valence-corrected chi connectivity index (χ3v) is 7.84. The van der Waals surface area contributed by atoms with Gasteiger partial charge >= 0.3 is 0 Å². The molecular weight excluding hydrogens is 458 g/mol. The SMILES string of the molecule is O=S1CCc2nc(N3CCN(c4ccc(Cl)cc4)CC3)nc(N[C@@H](CO)c3ccccc3)c21. The minimum atomic E-state index is -1.14. The Balaban J connectivity index is 1.38. The average Bonchev–Trinajstić information content (AvgIpc) is 3.24. The highest BCUT2D eigenvalue weighted by atomic mass is 35.5. The van der Waals surface area contributed by atoms with Gasteiger partial charge in [-0.3, -0.25) is 4.21 Å². The summed E-state index contributed by atoms with van der Waals surface area (Å²) >= 11 is 6.02. The smallest absolute Gasteiger partial charge is 0.227 e. The van der Waals surface area contributed by atoms with E-state index in [0.29, 0.717) is 28.8 Å². The zero-order chi connectivity index (χ0) is 22.8. The lowest BCUT2D eigenvalue weighted by Crippen LogP contribution is -2.47. The molecule has 2 N–H and O–H groups in total. The summed E-state index contributed by atoms with van der Waals surface area (Å²) in [6, 6.07) is 17.3. The number of nitrogens with one attached hydrogen (secondary N) is 1. The molecule has 172 valence electrons. The number of fused-ring (bicyclic) bond motifs is 1. The van der Waals surface area contributed by atoms with Crippen molar-refractivity contribution in [2.45, 2.75) is 17.4 Å². The zero-order valence-electron chi connectivity index (χ0n) is 18.2. The summed E-state index contributed by atoms with van der Waals surface area (Å²) in [6.45, 7) is 3.17. The first-order valence-electron chi connectivity index (χ1n) is 11.1. The predicted molar refractivity (Wildman–Crippen MR) is 133 cm³/mol. The Bertz CT molecular complexity index is 1140. The van der Waals surface area contributed by atoms with Crippen LogP contribution in [0.4, 0.5) is 17.5 Å². The summed E-state index contributed by atoms with van der Waals surface area (Å²) in [5.41, 5.74) is 2.94. The van der Waals surface area contributed by atoms with Crippen molar-refractivity contribution in [2.75, 3.05) is 53.7 Å². The van der Waals surface area contributed by atoms with E-state index in [2.05, 4.69) is 15.1 Å². The Morgan fingerprint density at radius 3 is 2.39 bits per heavy atom. The maximum absolute atomic E-state index is 12.7. The summed E-state index contributed by atoms with van der Waals surface area (Å²) in [6.07, 6.45) is 0.673. The van der Waals surface area contributed by atoms with Gasteiger partial charge in [0.2, 0.25) is 5.95 Å². The van der Waals surface area contributed by atoms with E-state index in [1.807, 2.05) is 54.6 Å². The normalized spacial score (nSPS) is 18.8. The summed E-state index contributed by atoms with van der Waals surface area (Å²) in [4.78, 5) is 14.8. The Hall–Kier alpha value is -2.68. The molecule has 7 nitrogen and oxygen atoms in total. The van der Waals surface area contributed by atoms with Crippen LogP contribution in [0.15, 0.2) is 59.5 Å². The van der Waals surface area contributed by atoms with Crippen molar-refractivity contribution in [3.63, 3.8) is 0 Å². The van der Waals surface area contributed by atoms with Crippen molar-refractivity contribution >= 4 is 39.9 Å². The molecule has 0 saturated carbocycles.